The van der Waals surface area contributed by atoms with E-state index in [0.717, 1.165) is 22.2 Å². The minimum atomic E-state index is -0.389. The third-order valence-electron chi connectivity index (χ3n) is 3.61. The molecule has 0 fully saturated rings. The van der Waals surface area contributed by atoms with Gasteiger partial charge >= 0.3 is 0 Å². The van der Waals surface area contributed by atoms with Gasteiger partial charge in [0.25, 0.3) is 0 Å². The van der Waals surface area contributed by atoms with Gasteiger partial charge in [0.1, 0.15) is 12.0 Å². The molecule has 0 spiro atoms. The predicted molar refractivity (Wildman–Crippen MR) is 87.2 cm³/mol. The molecule has 0 saturated carbocycles. The van der Waals surface area contributed by atoms with Crippen molar-refractivity contribution in [2.75, 3.05) is 0 Å². The zero-order chi connectivity index (χ0) is 15.5. The summed E-state index contributed by atoms with van der Waals surface area (Å²) in [5.41, 5.74) is 1.92. The van der Waals surface area contributed by atoms with E-state index in [1.54, 1.807) is 18.7 Å². The Kier molecular flexibility index (Phi) is 3.48. The van der Waals surface area contributed by atoms with Gasteiger partial charge in [0.05, 0.1) is 11.7 Å². The minimum Gasteiger partial charge on any atom is -0.476 e. The fourth-order valence-electron chi connectivity index (χ4n) is 2.52. The van der Waals surface area contributed by atoms with Crippen molar-refractivity contribution in [3.8, 4) is 5.75 Å². The number of fused-ring (bicyclic) bond motifs is 1. The molecule has 23 heavy (non-hydrogen) atoms. The summed E-state index contributed by atoms with van der Waals surface area (Å²) in [7, 11) is 0. The second-order valence-corrected chi connectivity index (χ2v) is 5.14. The van der Waals surface area contributed by atoms with E-state index in [0.29, 0.717) is 5.89 Å². The van der Waals surface area contributed by atoms with E-state index in [9.17, 15) is 0 Å². The van der Waals surface area contributed by atoms with Crippen LogP contribution in [0.4, 0.5) is 0 Å². The van der Waals surface area contributed by atoms with Gasteiger partial charge in [0, 0.05) is 17.1 Å². The number of ether oxygens (including phenoxy) is 1. The number of hydrogen-bond acceptors (Lipinski definition) is 4. The Morgan fingerprint density at radius 1 is 0.870 bits per heavy atom. The molecular weight excluding hydrogens is 288 g/mol. The van der Waals surface area contributed by atoms with Gasteiger partial charge in [-0.1, -0.05) is 36.4 Å². The molecule has 0 amide bonds. The molecule has 2 heterocycles. The highest BCUT2D eigenvalue weighted by molar-refractivity contribution is 5.79. The third-order valence-corrected chi connectivity index (χ3v) is 3.61. The number of oxazole rings is 1. The van der Waals surface area contributed by atoms with Crippen molar-refractivity contribution in [2.24, 2.45) is 0 Å². The van der Waals surface area contributed by atoms with E-state index in [-0.39, 0.29) is 6.10 Å². The fraction of sp³-hybridized carbons (Fsp3) is 0.0526. The van der Waals surface area contributed by atoms with E-state index >= 15 is 0 Å². The van der Waals surface area contributed by atoms with Crippen LogP contribution in [0.15, 0.2) is 83.7 Å². The lowest BCUT2D eigenvalue weighted by molar-refractivity contribution is 0.208. The van der Waals surface area contributed by atoms with E-state index in [4.69, 9.17) is 9.15 Å². The summed E-state index contributed by atoms with van der Waals surface area (Å²) in [6.07, 6.45) is 4.57. The first kappa shape index (κ1) is 13.5. The van der Waals surface area contributed by atoms with Crippen LogP contribution in [0.1, 0.15) is 17.6 Å². The standard InChI is InChI=1S/C19H14N2O2/c1-2-5-14(6-3-1)18(19-21-11-12-22-19)23-16-8-9-17-15(13-16)7-4-10-20-17/h1-13,18H. The summed E-state index contributed by atoms with van der Waals surface area (Å²) < 4.78 is 11.6. The molecule has 2 aromatic carbocycles. The number of rotatable bonds is 4. The van der Waals surface area contributed by atoms with Crippen molar-refractivity contribution in [3.63, 3.8) is 0 Å². The maximum Gasteiger partial charge on any atom is 0.240 e. The molecule has 0 radical (unpaired) electrons. The molecule has 2 aromatic heterocycles. The Balaban J connectivity index is 1.72. The Morgan fingerprint density at radius 3 is 2.61 bits per heavy atom. The molecule has 4 nitrogen and oxygen atoms in total. The molecule has 0 bridgehead atoms. The van der Waals surface area contributed by atoms with Crippen LogP contribution < -0.4 is 4.74 Å². The van der Waals surface area contributed by atoms with Crippen LogP contribution in [-0.2, 0) is 0 Å². The largest absolute Gasteiger partial charge is 0.476 e. The van der Waals surface area contributed by atoms with Crippen LogP contribution >= 0.6 is 0 Å². The van der Waals surface area contributed by atoms with Gasteiger partial charge in [-0.3, -0.25) is 4.98 Å². The lowest BCUT2D eigenvalue weighted by atomic mass is 10.1. The van der Waals surface area contributed by atoms with Crippen molar-refractivity contribution in [2.45, 2.75) is 6.10 Å². The summed E-state index contributed by atoms with van der Waals surface area (Å²) in [6, 6.07) is 19.7. The topological polar surface area (TPSA) is 48.2 Å². The van der Waals surface area contributed by atoms with Crippen LogP contribution in [0.2, 0.25) is 0 Å². The second-order valence-electron chi connectivity index (χ2n) is 5.14. The number of aromatic nitrogens is 2. The first-order valence-corrected chi connectivity index (χ1v) is 7.36. The monoisotopic (exact) mass is 302 g/mol. The highest BCUT2D eigenvalue weighted by Crippen LogP contribution is 2.29. The van der Waals surface area contributed by atoms with Gasteiger partial charge in [-0.25, -0.2) is 4.98 Å². The van der Waals surface area contributed by atoms with Gasteiger partial charge in [-0.15, -0.1) is 0 Å². The molecular formula is C19H14N2O2. The number of hydrogen-bond donors (Lipinski definition) is 0. The summed E-state index contributed by atoms with van der Waals surface area (Å²) in [5.74, 6) is 1.28. The molecule has 4 rings (SSSR count). The summed E-state index contributed by atoms with van der Waals surface area (Å²) in [4.78, 5) is 8.57. The average molecular weight is 302 g/mol. The van der Waals surface area contributed by atoms with Crippen molar-refractivity contribution in [3.05, 3.63) is 90.8 Å². The van der Waals surface area contributed by atoms with E-state index in [1.165, 1.54) is 0 Å². The van der Waals surface area contributed by atoms with Gasteiger partial charge in [0.2, 0.25) is 5.89 Å². The lowest BCUT2D eigenvalue weighted by Crippen LogP contribution is -2.09. The SMILES string of the molecule is c1ccc(C(Oc2ccc3ncccc3c2)c2ncco2)cc1. The summed E-state index contributed by atoms with van der Waals surface area (Å²) in [6.45, 7) is 0. The molecule has 4 heteroatoms. The van der Waals surface area contributed by atoms with Gasteiger partial charge in [0.15, 0.2) is 6.10 Å². The number of pyridine rings is 1. The van der Waals surface area contributed by atoms with Crippen LogP contribution in [0.25, 0.3) is 10.9 Å². The molecule has 1 atom stereocenters. The Hall–Kier alpha value is -3.14. The van der Waals surface area contributed by atoms with Crippen molar-refractivity contribution in [1.82, 2.24) is 9.97 Å². The average Bonchev–Trinajstić information content (AvgIpc) is 3.14. The Bertz CT molecular complexity index is 905. The van der Waals surface area contributed by atoms with Crippen molar-refractivity contribution < 1.29 is 9.15 Å². The van der Waals surface area contributed by atoms with Gasteiger partial charge < -0.3 is 9.15 Å². The molecule has 0 saturated heterocycles. The highest BCUT2D eigenvalue weighted by Gasteiger charge is 2.20. The normalized spacial score (nSPS) is 12.2. The highest BCUT2D eigenvalue weighted by atomic mass is 16.5. The van der Waals surface area contributed by atoms with Crippen molar-refractivity contribution in [1.29, 1.82) is 0 Å². The maximum atomic E-state index is 6.17. The first-order valence-electron chi connectivity index (χ1n) is 7.36. The zero-order valence-corrected chi connectivity index (χ0v) is 12.3. The van der Waals surface area contributed by atoms with Gasteiger partial charge in [-0.05, 0) is 24.3 Å². The molecule has 0 aliphatic heterocycles. The molecule has 4 aromatic rings. The third kappa shape index (κ3) is 2.79. The number of benzene rings is 2. The number of nitrogens with zero attached hydrogens (tertiary/aromatic N) is 2. The Morgan fingerprint density at radius 2 is 1.78 bits per heavy atom. The first-order chi connectivity index (χ1) is 11.4. The lowest BCUT2D eigenvalue weighted by Gasteiger charge is -2.17. The van der Waals surface area contributed by atoms with E-state index in [1.807, 2.05) is 60.7 Å². The minimum absolute atomic E-state index is 0.389. The molecule has 1 unspecified atom stereocenters. The predicted octanol–water partition coefficient (Wildman–Crippen LogP) is 4.39. The second kappa shape index (κ2) is 5.93. The molecule has 0 aliphatic carbocycles. The molecule has 0 aliphatic rings. The van der Waals surface area contributed by atoms with E-state index in [2.05, 4.69) is 9.97 Å². The maximum absolute atomic E-state index is 6.17. The fourth-order valence-corrected chi connectivity index (χ4v) is 2.52. The van der Waals surface area contributed by atoms with Gasteiger partial charge in [-0.2, -0.15) is 0 Å². The summed E-state index contributed by atoms with van der Waals surface area (Å²) >= 11 is 0. The smallest absolute Gasteiger partial charge is 0.240 e. The van der Waals surface area contributed by atoms with Crippen LogP contribution in [0, 0.1) is 0 Å². The molecule has 112 valence electrons. The van der Waals surface area contributed by atoms with Crippen molar-refractivity contribution >= 4 is 10.9 Å². The zero-order valence-electron chi connectivity index (χ0n) is 12.3. The summed E-state index contributed by atoms with van der Waals surface area (Å²) in [5, 5.41) is 1.03. The van der Waals surface area contributed by atoms with E-state index < -0.39 is 0 Å². The van der Waals surface area contributed by atoms with Crippen LogP contribution in [-0.4, -0.2) is 9.97 Å². The quantitative estimate of drug-likeness (QED) is 0.561. The Labute approximate surface area is 133 Å². The van der Waals surface area contributed by atoms with Crippen LogP contribution in [0.3, 0.4) is 0 Å². The van der Waals surface area contributed by atoms with Crippen LogP contribution in [0.5, 0.6) is 5.75 Å². The molecule has 0 N–H and O–H groups in total.